The van der Waals surface area contributed by atoms with Crippen LogP contribution in [0.15, 0.2) is 12.1 Å². The number of hydrogen-bond acceptors (Lipinski definition) is 8. The highest BCUT2D eigenvalue weighted by molar-refractivity contribution is 14.1. The lowest BCUT2D eigenvalue weighted by atomic mass is 9.79. The lowest BCUT2D eigenvalue weighted by Gasteiger charge is -2.27. The first-order chi connectivity index (χ1) is 14.7. The third-order valence-corrected chi connectivity index (χ3v) is 9.95. The maximum atomic E-state index is 12.8. The van der Waals surface area contributed by atoms with Gasteiger partial charge in [0.25, 0.3) is 0 Å². The molecule has 16 heteroatoms. The largest absolute Gasteiger partial charge is 0.516 e. The van der Waals surface area contributed by atoms with Crippen LogP contribution in [0.2, 0.25) is 0 Å². The van der Waals surface area contributed by atoms with E-state index >= 15 is 0 Å². The maximum absolute atomic E-state index is 12.8. The average molecular weight is 813 g/mol. The van der Waals surface area contributed by atoms with E-state index in [4.69, 9.17) is 14.2 Å². The van der Waals surface area contributed by atoms with Crippen molar-refractivity contribution < 1.29 is 50.2 Å². The molecule has 174 valence electrons. The quantitative estimate of drug-likeness (QED) is 0.278. The molecule has 1 aromatic rings. The van der Waals surface area contributed by atoms with Gasteiger partial charge in [-0.1, -0.05) is 0 Å². The highest BCUT2D eigenvalue weighted by Gasteiger charge is 2.72. The monoisotopic (exact) mass is 813 g/mol. The number of carbonyl (C=O) groups is 3. The Kier molecular flexibility index (Phi) is 6.41. The Labute approximate surface area is 218 Å². The molecule has 2 bridgehead atoms. The number of fused-ring (bicyclic) bond motifs is 1. The average Bonchev–Trinajstić information content (AvgIpc) is 3.25. The van der Waals surface area contributed by atoms with Crippen LogP contribution >= 0.6 is 67.8 Å². The van der Waals surface area contributed by atoms with E-state index in [1.165, 1.54) is 0 Å². The minimum Gasteiger partial charge on any atom is -0.458 e. The van der Waals surface area contributed by atoms with Crippen LogP contribution in [0.1, 0.15) is 10.4 Å². The molecule has 3 heterocycles. The number of amides is 1. The Morgan fingerprint density at radius 1 is 1.09 bits per heavy atom. The third-order valence-electron chi connectivity index (χ3n) is 5.20. The summed E-state index contributed by atoms with van der Waals surface area (Å²) in [7, 11) is -5.99. The molecule has 6 unspecified atom stereocenters. The maximum Gasteiger partial charge on any atom is 0.516 e. The Bertz CT molecular complexity index is 1140. The summed E-state index contributed by atoms with van der Waals surface area (Å²) in [6.45, 7) is 0. The summed E-state index contributed by atoms with van der Waals surface area (Å²) in [6, 6.07) is 3.37. The molecule has 3 saturated heterocycles. The predicted molar refractivity (Wildman–Crippen MR) is 122 cm³/mol. The third kappa shape index (κ3) is 4.00. The number of nitrogens with one attached hydrogen (secondary N) is 1. The molecule has 0 aliphatic carbocycles. The van der Waals surface area contributed by atoms with Gasteiger partial charge in [0.1, 0.15) is 36.3 Å². The Hall–Kier alpha value is -0.480. The molecular weight excluding hydrogens is 804 g/mol. The number of carbonyl (C=O) groups excluding carboxylic acids is 3. The number of halogens is 6. The van der Waals surface area contributed by atoms with E-state index in [2.05, 4.69) is 0 Å². The first-order valence-corrected chi connectivity index (χ1v) is 13.3. The number of sulfonamides is 1. The summed E-state index contributed by atoms with van der Waals surface area (Å²) in [4.78, 5) is 37.5. The van der Waals surface area contributed by atoms with Crippen LogP contribution in [0.5, 0.6) is 0 Å². The van der Waals surface area contributed by atoms with E-state index in [-0.39, 0.29) is 5.56 Å². The molecular formula is C16H9F3I3NO8S. The van der Waals surface area contributed by atoms with Gasteiger partial charge in [0, 0.05) is 10.7 Å². The van der Waals surface area contributed by atoms with E-state index < -0.39 is 69.6 Å². The van der Waals surface area contributed by atoms with Crippen molar-refractivity contribution in [2.45, 2.75) is 29.9 Å². The standard InChI is InChI=1S/C16H9F3I3NO8S/c17-16(18,19)32(27,28)23-13(24)6-9-12(7-11(29-9)10(6)31-15(7)26)30-14(25)4-1-3(20)2-5(21)8(4)22/h1-2,6-7,9-12H,(H,23,24). The fourth-order valence-corrected chi connectivity index (χ4v) is 6.80. The van der Waals surface area contributed by atoms with Crippen molar-refractivity contribution in [3.05, 3.63) is 28.4 Å². The van der Waals surface area contributed by atoms with Crippen LogP contribution in [-0.2, 0) is 33.8 Å². The minimum absolute atomic E-state index is 0.188. The Morgan fingerprint density at radius 3 is 2.38 bits per heavy atom. The summed E-state index contributed by atoms with van der Waals surface area (Å²) in [5, 5.41) is 0. The summed E-state index contributed by atoms with van der Waals surface area (Å²) in [5.41, 5.74) is -5.53. The zero-order chi connectivity index (χ0) is 23.7. The summed E-state index contributed by atoms with van der Waals surface area (Å²) < 4.78 is 79.8. The van der Waals surface area contributed by atoms with Gasteiger partial charge in [-0.2, -0.15) is 21.6 Å². The zero-order valence-corrected chi connectivity index (χ0v) is 22.3. The number of hydrogen-bond donors (Lipinski definition) is 1. The summed E-state index contributed by atoms with van der Waals surface area (Å²) in [5.74, 6) is -5.91. The lowest BCUT2D eigenvalue weighted by molar-refractivity contribution is -0.146. The van der Waals surface area contributed by atoms with Crippen LogP contribution in [0.3, 0.4) is 0 Å². The van der Waals surface area contributed by atoms with Gasteiger partial charge >= 0.3 is 27.5 Å². The predicted octanol–water partition coefficient (Wildman–Crippen LogP) is 1.93. The molecule has 32 heavy (non-hydrogen) atoms. The highest BCUT2D eigenvalue weighted by atomic mass is 127. The number of alkyl halides is 3. The second-order valence-corrected chi connectivity index (χ2v) is 12.2. The topological polar surface area (TPSA) is 125 Å². The Balaban J connectivity index is 1.61. The lowest BCUT2D eigenvalue weighted by Crippen LogP contribution is -2.52. The van der Waals surface area contributed by atoms with Gasteiger partial charge in [-0.3, -0.25) is 9.59 Å². The second-order valence-electron chi connectivity index (χ2n) is 7.05. The van der Waals surface area contributed by atoms with E-state index in [1.54, 1.807) is 6.07 Å². The van der Waals surface area contributed by atoms with Crippen molar-refractivity contribution in [3.8, 4) is 0 Å². The molecule has 1 amide bonds. The van der Waals surface area contributed by atoms with Gasteiger partial charge in [0.2, 0.25) is 5.91 Å². The van der Waals surface area contributed by atoms with Crippen LogP contribution in [0, 0.1) is 22.5 Å². The van der Waals surface area contributed by atoms with E-state index in [1.807, 2.05) is 73.8 Å². The molecule has 4 rings (SSSR count). The first kappa shape index (κ1) is 24.6. The first-order valence-electron chi connectivity index (χ1n) is 8.57. The highest BCUT2D eigenvalue weighted by Crippen LogP contribution is 2.51. The molecule has 3 aliphatic rings. The number of esters is 2. The fourth-order valence-electron chi connectivity index (χ4n) is 3.91. The number of ether oxygens (including phenoxy) is 3. The van der Waals surface area contributed by atoms with Crippen molar-refractivity contribution in [3.63, 3.8) is 0 Å². The molecule has 9 nitrogen and oxygen atoms in total. The number of rotatable bonds is 4. The van der Waals surface area contributed by atoms with E-state index in [0.29, 0.717) is 3.57 Å². The molecule has 3 fully saturated rings. The minimum atomic E-state index is -5.99. The van der Waals surface area contributed by atoms with Gasteiger partial charge in [-0.25, -0.2) is 9.52 Å². The molecule has 0 radical (unpaired) electrons. The normalized spacial score (nSPS) is 30.9. The molecule has 0 aromatic heterocycles. The molecule has 6 atom stereocenters. The van der Waals surface area contributed by atoms with Crippen LogP contribution < -0.4 is 4.72 Å². The van der Waals surface area contributed by atoms with Crippen molar-refractivity contribution in [1.82, 2.24) is 4.72 Å². The molecule has 0 saturated carbocycles. The van der Waals surface area contributed by atoms with Gasteiger partial charge < -0.3 is 14.2 Å². The van der Waals surface area contributed by atoms with Crippen molar-refractivity contribution in [1.29, 1.82) is 0 Å². The number of benzene rings is 1. The molecule has 1 aromatic carbocycles. The van der Waals surface area contributed by atoms with Gasteiger partial charge in [0.05, 0.1) is 5.56 Å². The molecule has 0 spiro atoms. The SMILES string of the molecule is O=C(OC1C2OC3C(OC(=O)C13)C2C(=O)NS(=O)(=O)C(F)(F)F)c1cc(I)cc(I)c1I. The zero-order valence-electron chi connectivity index (χ0n) is 15.1. The van der Waals surface area contributed by atoms with E-state index in [9.17, 15) is 36.0 Å². The van der Waals surface area contributed by atoms with E-state index in [0.717, 1.165) is 11.9 Å². The second kappa shape index (κ2) is 8.33. The van der Waals surface area contributed by atoms with Crippen LogP contribution in [0.25, 0.3) is 0 Å². The summed E-state index contributed by atoms with van der Waals surface area (Å²) >= 11 is 5.96. The Morgan fingerprint density at radius 2 is 1.75 bits per heavy atom. The van der Waals surface area contributed by atoms with Crippen LogP contribution in [-0.4, -0.2) is 56.2 Å². The smallest absolute Gasteiger partial charge is 0.458 e. The van der Waals surface area contributed by atoms with Crippen molar-refractivity contribution >= 4 is 95.6 Å². The fraction of sp³-hybridized carbons (Fsp3) is 0.438. The van der Waals surface area contributed by atoms with Gasteiger partial charge in [-0.05, 0) is 79.9 Å². The molecule has 3 aliphatic heterocycles. The van der Waals surface area contributed by atoms with Crippen molar-refractivity contribution in [2.75, 3.05) is 0 Å². The van der Waals surface area contributed by atoms with Crippen LogP contribution in [0.4, 0.5) is 13.2 Å². The summed E-state index contributed by atoms with van der Waals surface area (Å²) in [6.07, 6.45) is -5.03. The molecule has 1 N–H and O–H groups in total. The van der Waals surface area contributed by atoms with Gasteiger partial charge in [-0.15, -0.1) is 0 Å². The van der Waals surface area contributed by atoms with Crippen molar-refractivity contribution in [2.24, 2.45) is 11.8 Å². The van der Waals surface area contributed by atoms with Gasteiger partial charge in [0.15, 0.2) is 0 Å².